The van der Waals surface area contributed by atoms with Crippen LogP contribution in [0.1, 0.15) is 46.2 Å². The quantitative estimate of drug-likeness (QED) is 0.694. The molecule has 0 aliphatic heterocycles. The van der Waals surface area contributed by atoms with E-state index in [2.05, 4.69) is 40.1 Å². The molecule has 2 N–H and O–H groups in total. The highest BCUT2D eigenvalue weighted by Gasteiger charge is 2.20. The number of thiophene rings is 1. The Morgan fingerprint density at radius 3 is 2.77 bits per heavy atom. The van der Waals surface area contributed by atoms with Crippen molar-refractivity contribution in [1.29, 1.82) is 0 Å². The Balaban J connectivity index is 1.58. The van der Waals surface area contributed by atoms with Crippen LogP contribution < -0.4 is 10.6 Å². The van der Waals surface area contributed by atoms with Gasteiger partial charge in [0.05, 0.1) is 6.04 Å². The number of nitrogens with zero attached hydrogens (tertiary/aromatic N) is 1. The van der Waals surface area contributed by atoms with E-state index in [-0.39, 0.29) is 12.1 Å². The van der Waals surface area contributed by atoms with Gasteiger partial charge in [-0.15, -0.1) is 11.3 Å². The SMILES string of the molecule is Cc1cc(NC(=O)NC(c2ccc3c(c2)CCCC3)c2cccs2)no1. The molecule has 1 aliphatic carbocycles. The number of nitrogens with one attached hydrogen (secondary N) is 2. The molecule has 1 aromatic carbocycles. The van der Waals surface area contributed by atoms with Crippen molar-refractivity contribution in [1.82, 2.24) is 10.5 Å². The first-order valence-corrected chi connectivity index (χ1v) is 9.73. The van der Waals surface area contributed by atoms with E-state index in [0.29, 0.717) is 11.6 Å². The summed E-state index contributed by atoms with van der Waals surface area (Å²) in [5.41, 5.74) is 3.96. The zero-order valence-corrected chi connectivity index (χ0v) is 15.4. The van der Waals surface area contributed by atoms with Gasteiger partial charge >= 0.3 is 6.03 Å². The van der Waals surface area contributed by atoms with Crippen molar-refractivity contribution in [3.63, 3.8) is 0 Å². The van der Waals surface area contributed by atoms with Gasteiger partial charge in [-0.1, -0.05) is 29.4 Å². The number of carbonyl (C=O) groups is 1. The Morgan fingerprint density at radius 2 is 2.04 bits per heavy atom. The summed E-state index contributed by atoms with van der Waals surface area (Å²) in [6, 6.07) is 11.9. The maximum atomic E-state index is 12.5. The second-order valence-corrected chi connectivity index (χ2v) is 7.58. The highest BCUT2D eigenvalue weighted by Crippen LogP contribution is 2.30. The number of amides is 2. The second kappa shape index (κ2) is 7.33. The van der Waals surface area contributed by atoms with E-state index in [1.54, 1.807) is 24.3 Å². The lowest BCUT2D eigenvalue weighted by molar-refractivity contribution is 0.250. The van der Waals surface area contributed by atoms with E-state index in [0.717, 1.165) is 23.3 Å². The van der Waals surface area contributed by atoms with Gasteiger partial charge < -0.3 is 9.84 Å². The molecule has 26 heavy (non-hydrogen) atoms. The molecule has 4 rings (SSSR count). The Hall–Kier alpha value is -2.60. The van der Waals surface area contributed by atoms with Gasteiger partial charge in [-0.3, -0.25) is 5.32 Å². The van der Waals surface area contributed by atoms with Gasteiger partial charge in [0, 0.05) is 10.9 Å². The van der Waals surface area contributed by atoms with Crippen molar-refractivity contribution in [3.8, 4) is 0 Å². The summed E-state index contributed by atoms with van der Waals surface area (Å²) < 4.78 is 5.00. The molecule has 1 atom stereocenters. The molecule has 3 aromatic rings. The molecule has 0 saturated heterocycles. The van der Waals surface area contributed by atoms with E-state index >= 15 is 0 Å². The molecule has 0 radical (unpaired) electrons. The predicted molar refractivity (Wildman–Crippen MR) is 103 cm³/mol. The summed E-state index contributed by atoms with van der Waals surface area (Å²) in [6.45, 7) is 1.79. The van der Waals surface area contributed by atoms with E-state index in [1.807, 2.05) is 11.4 Å². The van der Waals surface area contributed by atoms with Gasteiger partial charge in [0.1, 0.15) is 5.76 Å². The van der Waals surface area contributed by atoms with Crippen LogP contribution in [0, 0.1) is 6.92 Å². The Labute approximate surface area is 156 Å². The highest BCUT2D eigenvalue weighted by molar-refractivity contribution is 7.10. The third-order valence-electron chi connectivity index (χ3n) is 4.68. The summed E-state index contributed by atoms with van der Waals surface area (Å²) >= 11 is 1.64. The number of hydrogen-bond acceptors (Lipinski definition) is 4. The van der Waals surface area contributed by atoms with E-state index in [4.69, 9.17) is 4.52 Å². The number of carbonyl (C=O) groups excluding carboxylic acids is 1. The number of fused-ring (bicyclic) bond motifs is 1. The molecular weight excluding hydrogens is 346 g/mol. The molecule has 6 heteroatoms. The van der Waals surface area contributed by atoms with Gasteiger partial charge in [-0.2, -0.15) is 0 Å². The molecule has 2 aromatic heterocycles. The number of aryl methyl sites for hydroxylation is 3. The molecule has 1 unspecified atom stereocenters. The molecule has 1 aliphatic rings. The summed E-state index contributed by atoms with van der Waals surface area (Å²) in [5.74, 6) is 1.07. The summed E-state index contributed by atoms with van der Waals surface area (Å²) in [5, 5.41) is 11.7. The summed E-state index contributed by atoms with van der Waals surface area (Å²) in [7, 11) is 0. The van der Waals surface area contributed by atoms with Crippen LogP contribution >= 0.6 is 11.3 Å². The number of hydrogen-bond donors (Lipinski definition) is 2. The summed E-state index contributed by atoms with van der Waals surface area (Å²) in [4.78, 5) is 13.6. The minimum absolute atomic E-state index is 0.185. The van der Waals surface area contributed by atoms with Crippen LogP contribution in [0.2, 0.25) is 0 Å². The fourth-order valence-corrected chi connectivity index (χ4v) is 4.22. The largest absolute Gasteiger partial charge is 0.360 e. The first kappa shape index (κ1) is 16.8. The van der Waals surface area contributed by atoms with Gasteiger partial charge in [0.2, 0.25) is 0 Å². The summed E-state index contributed by atoms with van der Waals surface area (Å²) in [6.07, 6.45) is 4.77. The molecule has 0 bridgehead atoms. The fraction of sp³-hybridized carbons (Fsp3) is 0.300. The van der Waals surface area contributed by atoms with Gasteiger partial charge in [0.15, 0.2) is 5.82 Å². The maximum Gasteiger partial charge on any atom is 0.321 e. The van der Waals surface area contributed by atoms with Crippen LogP contribution in [-0.2, 0) is 12.8 Å². The standard InChI is InChI=1S/C20H21N3O2S/c1-13-11-18(23-25-13)21-20(24)22-19(17-7-4-10-26-17)16-9-8-14-5-2-3-6-15(14)12-16/h4,7-12,19H,2-3,5-6H2,1H3,(H2,21,22,23,24). The first-order valence-electron chi connectivity index (χ1n) is 8.85. The van der Waals surface area contributed by atoms with Gasteiger partial charge in [-0.25, -0.2) is 4.79 Å². The molecule has 0 fully saturated rings. The third kappa shape index (κ3) is 3.65. The van der Waals surface area contributed by atoms with Crippen LogP contribution in [0.15, 0.2) is 46.3 Å². The van der Waals surface area contributed by atoms with Crippen LogP contribution in [0.4, 0.5) is 10.6 Å². The van der Waals surface area contributed by atoms with Crippen LogP contribution in [0.3, 0.4) is 0 Å². The number of rotatable bonds is 4. The van der Waals surface area contributed by atoms with Crippen LogP contribution in [0.5, 0.6) is 0 Å². The second-order valence-electron chi connectivity index (χ2n) is 6.60. The lowest BCUT2D eigenvalue weighted by Gasteiger charge is -2.22. The highest BCUT2D eigenvalue weighted by atomic mass is 32.1. The van der Waals surface area contributed by atoms with Crippen molar-refractivity contribution in [3.05, 3.63) is 69.1 Å². The van der Waals surface area contributed by atoms with E-state index in [9.17, 15) is 4.79 Å². The van der Waals surface area contributed by atoms with E-state index < -0.39 is 0 Å². The average Bonchev–Trinajstić information content (AvgIpc) is 3.31. The van der Waals surface area contributed by atoms with Crippen molar-refractivity contribution >= 4 is 23.2 Å². The lowest BCUT2D eigenvalue weighted by Crippen LogP contribution is -2.33. The third-order valence-corrected chi connectivity index (χ3v) is 5.62. The monoisotopic (exact) mass is 367 g/mol. The van der Waals surface area contributed by atoms with Crippen LogP contribution in [-0.4, -0.2) is 11.2 Å². The minimum Gasteiger partial charge on any atom is -0.360 e. The number of urea groups is 1. The first-order chi connectivity index (χ1) is 12.7. The van der Waals surface area contributed by atoms with Gasteiger partial charge in [0.25, 0.3) is 0 Å². The number of benzene rings is 1. The molecule has 0 saturated carbocycles. The Morgan fingerprint density at radius 1 is 1.19 bits per heavy atom. The van der Waals surface area contributed by atoms with Crippen molar-refractivity contribution < 1.29 is 9.32 Å². The fourth-order valence-electron chi connectivity index (χ4n) is 3.42. The molecule has 0 spiro atoms. The molecular formula is C20H21N3O2S. The van der Waals surface area contributed by atoms with Crippen molar-refractivity contribution in [2.45, 2.75) is 38.6 Å². The smallest absolute Gasteiger partial charge is 0.321 e. The lowest BCUT2D eigenvalue weighted by atomic mass is 9.89. The van der Waals surface area contributed by atoms with Gasteiger partial charge in [-0.05, 0) is 60.7 Å². The zero-order chi connectivity index (χ0) is 17.9. The van der Waals surface area contributed by atoms with E-state index in [1.165, 1.54) is 24.0 Å². The predicted octanol–water partition coefficient (Wildman–Crippen LogP) is 4.83. The number of anilines is 1. The molecule has 134 valence electrons. The van der Waals surface area contributed by atoms with Crippen LogP contribution in [0.25, 0.3) is 0 Å². The minimum atomic E-state index is -0.297. The topological polar surface area (TPSA) is 67.2 Å². The van der Waals surface area contributed by atoms with Crippen molar-refractivity contribution in [2.75, 3.05) is 5.32 Å². The zero-order valence-electron chi connectivity index (χ0n) is 14.6. The maximum absolute atomic E-state index is 12.5. The average molecular weight is 367 g/mol. The normalized spacial score (nSPS) is 14.5. The Kier molecular flexibility index (Phi) is 4.75. The number of aromatic nitrogens is 1. The van der Waals surface area contributed by atoms with Crippen molar-refractivity contribution in [2.24, 2.45) is 0 Å². The Bertz CT molecular complexity index is 902. The molecule has 2 heterocycles. The molecule has 2 amide bonds. The molecule has 5 nitrogen and oxygen atoms in total.